The lowest BCUT2D eigenvalue weighted by Gasteiger charge is -2.08. The van der Waals surface area contributed by atoms with Crippen LogP contribution in [0.25, 0.3) is 11.3 Å². The summed E-state index contributed by atoms with van der Waals surface area (Å²) in [5, 5.41) is 13.0. The number of nitrogens with one attached hydrogen (secondary N) is 1. The van der Waals surface area contributed by atoms with Crippen LogP contribution in [0.15, 0.2) is 58.1 Å². The van der Waals surface area contributed by atoms with Crippen LogP contribution in [-0.4, -0.2) is 25.8 Å². The van der Waals surface area contributed by atoms with E-state index in [1.807, 2.05) is 0 Å². The Morgan fingerprint density at radius 3 is 2.44 bits per heavy atom. The van der Waals surface area contributed by atoms with Gasteiger partial charge in [0.05, 0.1) is 12.1 Å². The fourth-order valence-corrected chi connectivity index (χ4v) is 2.35. The summed E-state index contributed by atoms with van der Waals surface area (Å²) in [6, 6.07) is 12.8. The third kappa shape index (κ3) is 3.32. The Labute approximate surface area is 141 Å². The van der Waals surface area contributed by atoms with Gasteiger partial charge < -0.3 is 10.8 Å². The molecule has 1 aromatic heterocycles. The molecule has 0 aliphatic heterocycles. The third-order valence-corrected chi connectivity index (χ3v) is 3.64. The van der Waals surface area contributed by atoms with Crippen LogP contribution < -0.4 is 17.0 Å². The quantitative estimate of drug-likeness (QED) is 0.606. The molecule has 0 saturated heterocycles. The fourth-order valence-electron chi connectivity index (χ4n) is 2.35. The van der Waals surface area contributed by atoms with E-state index in [2.05, 4.69) is 10.1 Å². The van der Waals surface area contributed by atoms with Gasteiger partial charge in [0, 0.05) is 11.3 Å². The van der Waals surface area contributed by atoms with Crippen LogP contribution in [0.1, 0.15) is 15.9 Å². The van der Waals surface area contributed by atoms with Crippen molar-refractivity contribution in [2.75, 3.05) is 5.73 Å². The predicted molar refractivity (Wildman–Crippen MR) is 91.5 cm³/mol. The van der Waals surface area contributed by atoms with Gasteiger partial charge >= 0.3 is 11.7 Å². The van der Waals surface area contributed by atoms with Crippen molar-refractivity contribution in [3.8, 4) is 11.3 Å². The maximum absolute atomic E-state index is 12.1. The molecule has 25 heavy (non-hydrogen) atoms. The SMILES string of the molecule is Nc1ccccc1-c1nn(Cc2ccc(C(=O)O)cc2)c(=O)[nH]c1=O. The number of aromatic amines is 1. The number of nitrogens with two attached hydrogens (primary N) is 1. The Balaban J connectivity index is 2.01. The number of hydrogen-bond donors (Lipinski definition) is 3. The van der Waals surface area contributed by atoms with E-state index in [0.717, 1.165) is 4.68 Å². The van der Waals surface area contributed by atoms with Crippen molar-refractivity contribution in [1.29, 1.82) is 0 Å². The molecule has 0 amide bonds. The number of aromatic carboxylic acids is 1. The van der Waals surface area contributed by atoms with E-state index < -0.39 is 17.2 Å². The Morgan fingerprint density at radius 1 is 1.12 bits per heavy atom. The van der Waals surface area contributed by atoms with Crippen molar-refractivity contribution < 1.29 is 9.90 Å². The zero-order valence-corrected chi connectivity index (χ0v) is 13.0. The van der Waals surface area contributed by atoms with Crippen LogP contribution in [0.2, 0.25) is 0 Å². The van der Waals surface area contributed by atoms with E-state index >= 15 is 0 Å². The number of aromatic nitrogens is 3. The largest absolute Gasteiger partial charge is 0.478 e. The van der Waals surface area contributed by atoms with E-state index in [-0.39, 0.29) is 17.8 Å². The lowest BCUT2D eigenvalue weighted by molar-refractivity contribution is 0.0697. The van der Waals surface area contributed by atoms with Gasteiger partial charge in [0.2, 0.25) is 0 Å². The lowest BCUT2D eigenvalue weighted by Crippen LogP contribution is -2.34. The second-order valence-electron chi connectivity index (χ2n) is 5.35. The van der Waals surface area contributed by atoms with Crippen molar-refractivity contribution in [2.24, 2.45) is 0 Å². The molecule has 8 heteroatoms. The summed E-state index contributed by atoms with van der Waals surface area (Å²) in [6.07, 6.45) is 0. The van der Waals surface area contributed by atoms with Crippen LogP contribution in [-0.2, 0) is 6.54 Å². The number of carbonyl (C=O) groups is 1. The number of para-hydroxylation sites is 1. The second-order valence-corrected chi connectivity index (χ2v) is 5.35. The maximum atomic E-state index is 12.1. The van der Waals surface area contributed by atoms with Gasteiger partial charge in [0.25, 0.3) is 5.56 Å². The van der Waals surface area contributed by atoms with Gasteiger partial charge in [-0.25, -0.2) is 14.3 Å². The first kappa shape index (κ1) is 16.2. The van der Waals surface area contributed by atoms with Gasteiger partial charge in [-0.3, -0.25) is 9.78 Å². The van der Waals surface area contributed by atoms with Crippen LogP contribution in [0, 0.1) is 0 Å². The molecule has 0 fully saturated rings. The first-order valence-electron chi connectivity index (χ1n) is 7.34. The molecule has 3 aromatic rings. The fraction of sp³-hybridized carbons (Fsp3) is 0.0588. The molecule has 2 aromatic carbocycles. The highest BCUT2D eigenvalue weighted by Crippen LogP contribution is 2.19. The zero-order valence-electron chi connectivity index (χ0n) is 13.0. The molecule has 0 aliphatic rings. The van der Waals surface area contributed by atoms with Crippen molar-refractivity contribution in [3.05, 3.63) is 80.5 Å². The summed E-state index contributed by atoms with van der Waals surface area (Å²) in [5.74, 6) is -1.03. The summed E-state index contributed by atoms with van der Waals surface area (Å²) in [5.41, 5.74) is 6.24. The van der Waals surface area contributed by atoms with Gasteiger partial charge in [-0.2, -0.15) is 5.10 Å². The van der Waals surface area contributed by atoms with Crippen molar-refractivity contribution in [2.45, 2.75) is 6.54 Å². The summed E-state index contributed by atoms with van der Waals surface area (Å²) < 4.78 is 1.10. The molecule has 0 spiro atoms. The van der Waals surface area contributed by atoms with Crippen LogP contribution >= 0.6 is 0 Å². The highest BCUT2D eigenvalue weighted by molar-refractivity contribution is 5.87. The molecule has 126 valence electrons. The number of rotatable bonds is 4. The van der Waals surface area contributed by atoms with Crippen LogP contribution in [0.5, 0.6) is 0 Å². The molecular weight excluding hydrogens is 324 g/mol. The monoisotopic (exact) mass is 338 g/mol. The standard InChI is InChI=1S/C17H14N4O4/c18-13-4-2-1-3-12(13)14-15(22)19-17(25)21(20-14)9-10-5-7-11(8-6-10)16(23)24/h1-8H,9,18H2,(H,23,24)(H,19,22,25). The van der Waals surface area contributed by atoms with E-state index in [1.165, 1.54) is 12.1 Å². The minimum atomic E-state index is -1.03. The summed E-state index contributed by atoms with van der Waals surface area (Å²) >= 11 is 0. The number of carboxylic acids is 1. The average Bonchev–Trinajstić information content (AvgIpc) is 2.58. The number of nitrogen functional groups attached to an aromatic ring is 1. The molecule has 3 rings (SSSR count). The molecular formula is C17H14N4O4. The van der Waals surface area contributed by atoms with Gasteiger partial charge in [-0.05, 0) is 23.8 Å². The van der Waals surface area contributed by atoms with Crippen molar-refractivity contribution >= 4 is 11.7 Å². The number of carboxylic acid groups (broad SMARTS) is 1. The highest BCUT2D eigenvalue weighted by atomic mass is 16.4. The minimum absolute atomic E-state index is 0.0415. The number of nitrogens with zero attached hydrogens (tertiary/aromatic N) is 2. The number of H-pyrrole nitrogens is 1. The topological polar surface area (TPSA) is 131 Å². The van der Waals surface area contributed by atoms with E-state index in [4.69, 9.17) is 10.8 Å². The van der Waals surface area contributed by atoms with Gasteiger partial charge in [-0.15, -0.1) is 0 Å². The van der Waals surface area contributed by atoms with E-state index in [1.54, 1.807) is 36.4 Å². The predicted octanol–water partition coefficient (Wildman–Crippen LogP) is 0.927. The number of anilines is 1. The average molecular weight is 338 g/mol. The minimum Gasteiger partial charge on any atom is -0.478 e. The molecule has 0 radical (unpaired) electrons. The summed E-state index contributed by atoms with van der Waals surface area (Å²) in [7, 11) is 0. The first-order chi connectivity index (χ1) is 12.0. The molecule has 0 unspecified atom stereocenters. The lowest BCUT2D eigenvalue weighted by atomic mass is 10.1. The smallest absolute Gasteiger partial charge is 0.345 e. The summed E-state index contributed by atoms with van der Waals surface area (Å²) in [6.45, 7) is 0.0786. The number of benzene rings is 2. The van der Waals surface area contributed by atoms with Gasteiger partial charge in [-0.1, -0.05) is 30.3 Å². The van der Waals surface area contributed by atoms with Crippen molar-refractivity contribution in [3.63, 3.8) is 0 Å². The Hall–Kier alpha value is -3.68. The Bertz CT molecular complexity index is 1050. The molecule has 0 atom stereocenters. The Kier molecular flexibility index (Phi) is 4.17. The van der Waals surface area contributed by atoms with E-state index in [9.17, 15) is 14.4 Å². The molecule has 1 heterocycles. The molecule has 4 N–H and O–H groups in total. The molecule has 0 bridgehead atoms. The Morgan fingerprint density at radius 2 is 1.80 bits per heavy atom. The number of hydrogen-bond acceptors (Lipinski definition) is 5. The second kappa shape index (κ2) is 6.44. The maximum Gasteiger partial charge on any atom is 0.345 e. The van der Waals surface area contributed by atoms with E-state index in [0.29, 0.717) is 16.8 Å². The van der Waals surface area contributed by atoms with Crippen LogP contribution in [0.4, 0.5) is 5.69 Å². The zero-order chi connectivity index (χ0) is 18.0. The molecule has 0 saturated carbocycles. The highest BCUT2D eigenvalue weighted by Gasteiger charge is 2.12. The van der Waals surface area contributed by atoms with Gasteiger partial charge in [0.15, 0.2) is 5.69 Å². The third-order valence-electron chi connectivity index (χ3n) is 3.64. The molecule has 0 aliphatic carbocycles. The first-order valence-corrected chi connectivity index (χ1v) is 7.34. The van der Waals surface area contributed by atoms with Crippen LogP contribution in [0.3, 0.4) is 0 Å². The van der Waals surface area contributed by atoms with Gasteiger partial charge in [0.1, 0.15) is 0 Å². The normalized spacial score (nSPS) is 10.6. The molecule has 8 nitrogen and oxygen atoms in total. The summed E-state index contributed by atoms with van der Waals surface area (Å²) in [4.78, 5) is 37.2. The van der Waals surface area contributed by atoms with Crippen molar-refractivity contribution in [1.82, 2.24) is 14.8 Å².